The van der Waals surface area contributed by atoms with Crippen LogP contribution in [0.4, 0.5) is 0 Å². The van der Waals surface area contributed by atoms with Crippen LogP contribution in [-0.2, 0) is 4.79 Å². The largest absolute Gasteiger partial charge is 0.340 e. The van der Waals surface area contributed by atoms with Crippen LogP contribution >= 0.6 is 0 Å². The fourth-order valence-corrected chi connectivity index (χ4v) is 1.91. The normalized spacial score (nSPS) is 20.9. The predicted octanol–water partition coefficient (Wildman–Crippen LogP) is 1.83. The van der Waals surface area contributed by atoms with Crippen molar-refractivity contribution in [1.82, 2.24) is 10.6 Å². The van der Waals surface area contributed by atoms with E-state index >= 15 is 0 Å². The molecule has 1 heterocycles. The van der Waals surface area contributed by atoms with E-state index in [4.69, 9.17) is 0 Å². The Hall–Kier alpha value is -1.84. The van der Waals surface area contributed by atoms with E-state index in [1.54, 1.807) is 0 Å². The molecule has 0 aliphatic carbocycles. The molecule has 0 spiro atoms. The summed E-state index contributed by atoms with van der Waals surface area (Å²) in [5.74, 6) is 0.554. The quantitative estimate of drug-likeness (QED) is 0.853. The van der Waals surface area contributed by atoms with E-state index in [0.717, 1.165) is 18.5 Å². The monoisotopic (exact) mass is 245 g/mol. The summed E-state index contributed by atoms with van der Waals surface area (Å²) < 4.78 is 0. The number of benzene rings is 1. The fourth-order valence-electron chi connectivity index (χ4n) is 1.91. The van der Waals surface area contributed by atoms with Crippen LogP contribution in [0.2, 0.25) is 0 Å². The third-order valence-corrected chi connectivity index (χ3v) is 3.14. The van der Waals surface area contributed by atoms with Crippen molar-refractivity contribution in [3.8, 4) is 0 Å². The van der Waals surface area contributed by atoms with Crippen LogP contribution in [0.3, 0.4) is 0 Å². The summed E-state index contributed by atoms with van der Waals surface area (Å²) in [7, 11) is 0. The van der Waals surface area contributed by atoms with Crippen molar-refractivity contribution >= 4 is 11.9 Å². The number of carbonyl (C=O) groups excluding carboxylic acids is 1. The number of carbonyl (C=O) groups is 1. The summed E-state index contributed by atoms with van der Waals surface area (Å²) in [6.45, 7) is 6.90. The molecule has 1 aromatic carbocycles. The molecule has 1 saturated heterocycles. The minimum Gasteiger partial charge on any atom is -0.340 e. The average Bonchev–Trinajstić information content (AvgIpc) is 2.71. The molecule has 1 unspecified atom stereocenters. The number of amides is 1. The maximum Gasteiger partial charge on any atom is 0.253 e. The van der Waals surface area contributed by atoms with Gasteiger partial charge in [-0.3, -0.25) is 15.1 Å². The number of aliphatic imine (C=N–C) groups is 1. The molecular weight excluding hydrogens is 226 g/mol. The van der Waals surface area contributed by atoms with Crippen molar-refractivity contribution in [3.05, 3.63) is 34.9 Å². The van der Waals surface area contributed by atoms with Gasteiger partial charge in [-0.1, -0.05) is 25.1 Å². The number of nitrogens with zero attached hydrogens (tertiary/aromatic N) is 1. The third-order valence-electron chi connectivity index (χ3n) is 3.14. The Balaban J connectivity index is 2.19. The van der Waals surface area contributed by atoms with Crippen molar-refractivity contribution in [3.63, 3.8) is 0 Å². The molecular formula is C14H19N3O. The second-order valence-electron chi connectivity index (χ2n) is 4.64. The van der Waals surface area contributed by atoms with Crippen molar-refractivity contribution in [1.29, 1.82) is 0 Å². The Morgan fingerprint density at radius 3 is 2.72 bits per heavy atom. The lowest BCUT2D eigenvalue weighted by molar-refractivity contribution is -0.120. The van der Waals surface area contributed by atoms with E-state index < -0.39 is 0 Å². The average molecular weight is 245 g/mol. The van der Waals surface area contributed by atoms with Gasteiger partial charge >= 0.3 is 0 Å². The molecule has 4 nitrogen and oxygen atoms in total. The summed E-state index contributed by atoms with van der Waals surface area (Å²) in [6.07, 6.45) is 0.968. The van der Waals surface area contributed by atoms with Crippen LogP contribution < -0.4 is 10.6 Å². The van der Waals surface area contributed by atoms with Crippen molar-refractivity contribution in [2.24, 2.45) is 4.99 Å². The second kappa shape index (κ2) is 5.21. The van der Waals surface area contributed by atoms with Gasteiger partial charge in [-0.05, 0) is 37.0 Å². The number of hydrogen-bond acceptors (Lipinski definition) is 2. The summed E-state index contributed by atoms with van der Waals surface area (Å²) in [6, 6.07) is 5.76. The maximum atomic E-state index is 11.9. The minimum atomic E-state index is -0.320. The van der Waals surface area contributed by atoms with Gasteiger partial charge in [0.2, 0.25) is 0 Å². The standard InChI is InChI=1S/C14H19N3O/c1-4-7-15-14-16-12(13(18)17-14)11-6-5-9(2)10(3)8-11/h5-6,8,12H,4,7H2,1-3H3,(H2,15,16,17,18). The van der Waals surface area contributed by atoms with Crippen molar-refractivity contribution < 1.29 is 4.79 Å². The van der Waals surface area contributed by atoms with E-state index in [1.165, 1.54) is 11.1 Å². The Labute approximate surface area is 108 Å². The molecule has 4 heteroatoms. The van der Waals surface area contributed by atoms with E-state index in [2.05, 4.69) is 42.5 Å². The highest BCUT2D eigenvalue weighted by Gasteiger charge is 2.29. The minimum absolute atomic E-state index is 0.0342. The Morgan fingerprint density at radius 1 is 1.28 bits per heavy atom. The molecule has 96 valence electrons. The first-order valence-corrected chi connectivity index (χ1v) is 6.31. The van der Waals surface area contributed by atoms with Gasteiger partial charge in [0.15, 0.2) is 5.96 Å². The smallest absolute Gasteiger partial charge is 0.253 e. The first-order valence-electron chi connectivity index (χ1n) is 6.31. The molecule has 0 aromatic heterocycles. The lowest BCUT2D eigenvalue weighted by Gasteiger charge is -2.10. The van der Waals surface area contributed by atoms with Crippen LogP contribution in [0.15, 0.2) is 23.2 Å². The molecule has 1 aromatic rings. The molecule has 0 bridgehead atoms. The summed E-state index contributed by atoms with van der Waals surface area (Å²) in [5, 5.41) is 5.90. The zero-order valence-electron chi connectivity index (χ0n) is 11.1. The molecule has 1 aliphatic heterocycles. The molecule has 1 aliphatic rings. The highest BCUT2D eigenvalue weighted by atomic mass is 16.2. The maximum absolute atomic E-state index is 11.9. The first-order chi connectivity index (χ1) is 8.61. The number of nitrogens with one attached hydrogen (secondary N) is 2. The van der Waals surface area contributed by atoms with Gasteiger partial charge in [0.25, 0.3) is 5.91 Å². The SMILES string of the molecule is CCCN=C1NC(=O)C(c2ccc(C)c(C)c2)N1. The fraction of sp³-hybridized carbons (Fsp3) is 0.429. The number of aryl methyl sites for hydroxylation is 2. The highest BCUT2D eigenvalue weighted by Crippen LogP contribution is 2.19. The molecule has 0 saturated carbocycles. The van der Waals surface area contributed by atoms with Crippen LogP contribution in [0.5, 0.6) is 0 Å². The van der Waals surface area contributed by atoms with Gasteiger partial charge in [-0.15, -0.1) is 0 Å². The number of guanidine groups is 1. The summed E-state index contributed by atoms with van der Waals surface area (Å²) >= 11 is 0. The van der Waals surface area contributed by atoms with Crippen LogP contribution in [0.1, 0.15) is 36.1 Å². The lowest BCUT2D eigenvalue weighted by atomic mass is 10.0. The molecule has 1 fully saturated rings. The lowest BCUT2D eigenvalue weighted by Crippen LogP contribution is -2.25. The van der Waals surface area contributed by atoms with Gasteiger partial charge in [0, 0.05) is 6.54 Å². The molecule has 1 amide bonds. The van der Waals surface area contributed by atoms with E-state index in [-0.39, 0.29) is 11.9 Å². The van der Waals surface area contributed by atoms with Gasteiger partial charge < -0.3 is 5.32 Å². The summed E-state index contributed by atoms with van der Waals surface area (Å²) in [5.41, 5.74) is 3.41. The van der Waals surface area contributed by atoms with Gasteiger partial charge in [0.1, 0.15) is 6.04 Å². The Bertz CT molecular complexity index is 494. The van der Waals surface area contributed by atoms with Gasteiger partial charge in [0.05, 0.1) is 0 Å². The first kappa shape index (κ1) is 12.6. The zero-order chi connectivity index (χ0) is 13.1. The van der Waals surface area contributed by atoms with Crippen LogP contribution in [0.25, 0.3) is 0 Å². The zero-order valence-corrected chi connectivity index (χ0v) is 11.1. The Kier molecular flexibility index (Phi) is 3.65. The second-order valence-corrected chi connectivity index (χ2v) is 4.64. The van der Waals surface area contributed by atoms with E-state index in [9.17, 15) is 4.79 Å². The van der Waals surface area contributed by atoms with Crippen molar-refractivity contribution in [2.45, 2.75) is 33.2 Å². The molecule has 1 atom stereocenters. The topological polar surface area (TPSA) is 53.5 Å². The van der Waals surface area contributed by atoms with E-state index in [0.29, 0.717) is 5.96 Å². The van der Waals surface area contributed by atoms with Crippen LogP contribution in [-0.4, -0.2) is 18.4 Å². The predicted molar refractivity (Wildman–Crippen MR) is 72.5 cm³/mol. The summed E-state index contributed by atoms with van der Waals surface area (Å²) in [4.78, 5) is 16.2. The van der Waals surface area contributed by atoms with E-state index in [1.807, 2.05) is 12.1 Å². The highest BCUT2D eigenvalue weighted by molar-refractivity contribution is 6.06. The molecule has 2 N–H and O–H groups in total. The number of rotatable bonds is 3. The van der Waals surface area contributed by atoms with Crippen LogP contribution in [0, 0.1) is 13.8 Å². The molecule has 2 rings (SSSR count). The Morgan fingerprint density at radius 2 is 2.06 bits per heavy atom. The third kappa shape index (κ3) is 2.53. The molecule has 0 radical (unpaired) electrons. The molecule has 18 heavy (non-hydrogen) atoms. The van der Waals surface area contributed by atoms with Crippen molar-refractivity contribution in [2.75, 3.05) is 6.54 Å². The number of hydrogen-bond donors (Lipinski definition) is 2. The van der Waals surface area contributed by atoms with Gasteiger partial charge in [-0.25, -0.2) is 0 Å². The van der Waals surface area contributed by atoms with Gasteiger partial charge in [-0.2, -0.15) is 0 Å².